The van der Waals surface area contributed by atoms with Crippen molar-refractivity contribution in [2.24, 2.45) is 0 Å². The maximum absolute atomic E-state index is 15.2. The zero-order valence-electron chi connectivity index (χ0n) is 19.7. The molecule has 0 bridgehead atoms. The van der Waals surface area contributed by atoms with E-state index in [4.69, 9.17) is 6.11 Å². The van der Waals surface area contributed by atoms with Crippen LogP contribution >= 0.6 is 0 Å². The molecule has 3 aliphatic heterocycles. The normalized spacial score (nSPS) is 23.5. The number of rotatable bonds is 6. The molecule has 3 aliphatic rings. The summed E-state index contributed by atoms with van der Waals surface area (Å²) in [7, 11) is 0. The first-order chi connectivity index (χ1) is 16.9. The Morgan fingerprint density at radius 3 is 2.68 bits per heavy atom. The van der Waals surface area contributed by atoms with Gasteiger partial charge in [-0.3, -0.25) is 24.6 Å². The average Bonchev–Trinajstić information content (AvgIpc) is 3.21. The van der Waals surface area contributed by atoms with E-state index in [0.29, 0.717) is 47.7 Å². The van der Waals surface area contributed by atoms with E-state index in [1.54, 1.807) is 30.3 Å². The smallest absolute Gasteiger partial charge is 0.255 e. The first kappa shape index (κ1) is 21.2. The van der Waals surface area contributed by atoms with Crippen LogP contribution in [0, 0.1) is 5.82 Å². The van der Waals surface area contributed by atoms with Crippen molar-refractivity contribution in [3.63, 3.8) is 0 Å². The molecule has 2 saturated heterocycles. The third-order valence-electron chi connectivity index (χ3n) is 6.52. The van der Waals surface area contributed by atoms with Crippen molar-refractivity contribution in [2.45, 2.75) is 38.5 Å². The molecule has 1 atom stereocenters. The molecule has 3 amide bonds. The van der Waals surface area contributed by atoms with E-state index < -0.39 is 23.7 Å². The summed E-state index contributed by atoms with van der Waals surface area (Å²) in [5.74, 6) is -1.92. The van der Waals surface area contributed by atoms with Gasteiger partial charge in [0.05, 0.1) is 14.6 Å². The highest BCUT2D eigenvalue weighted by Crippen LogP contribution is 2.32. The topological polar surface area (TPSA) is 91.0 Å². The van der Waals surface area contributed by atoms with Gasteiger partial charge in [0.2, 0.25) is 11.8 Å². The number of nitrogens with zero attached hydrogens (tertiary/aromatic N) is 2. The van der Waals surface area contributed by atoms with Crippen LogP contribution in [0.5, 0.6) is 0 Å². The van der Waals surface area contributed by atoms with E-state index >= 15 is 4.39 Å². The molecular formula is C25H27FN4O4. The lowest BCUT2D eigenvalue weighted by atomic mass is 10.0. The van der Waals surface area contributed by atoms with Gasteiger partial charge in [0, 0.05) is 67.1 Å². The third kappa shape index (κ3) is 4.41. The van der Waals surface area contributed by atoms with Crippen LogP contribution in [0.15, 0.2) is 36.4 Å². The van der Waals surface area contributed by atoms with Gasteiger partial charge in [-0.2, -0.15) is 0 Å². The summed E-state index contributed by atoms with van der Waals surface area (Å²) in [6, 6.07) is 8.68. The molecule has 2 fully saturated rings. The lowest BCUT2D eigenvalue weighted by molar-refractivity contribution is -0.136. The molecule has 9 heteroatoms. The van der Waals surface area contributed by atoms with Gasteiger partial charge in [0.25, 0.3) is 5.91 Å². The Balaban J connectivity index is 1.32. The number of ether oxygens (including phenoxy) is 1. The first-order valence-electron chi connectivity index (χ1n) is 12.0. The number of hydrogen-bond acceptors (Lipinski definition) is 6. The minimum atomic E-state index is -1.85. The molecule has 1 unspecified atom stereocenters. The molecule has 2 N–H and O–H groups in total. The fourth-order valence-electron chi connectivity index (χ4n) is 4.66. The summed E-state index contributed by atoms with van der Waals surface area (Å²) in [5.41, 5.74) is 2.83. The number of imide groups is 1. The van der Waals surface area contributed by atoms with Crippen molar-refractivity contribution >= 4 is 23.4 Å². The monoisotopic (exact) mass is 467 g/mol. The molecule has 0 aromatic heterocycles. The van der Waals surface area contributed by atoms with Crippen molar-refractivity contribution in [3.05, 3.63) is 64.5 Å². The molecule has 0 aliphatic carbocycles. The van der Waals surface area contributed by atoms with Gasteiger partial charge < -0.3 is 15.0 Å². The molecule has 0 radical (unpaired) electrons. The molecule has 5 rings (SSSR count). The average molecular weight is 468 g/mol. The lowest BCUT2D eigenvalue weighted by Crippen LogP contribution is -2.52. The second kappa shape index (κ2) is 9.52. The van der Waals surface area contributed by atoms with Crippen molar-refractivity contribution in [1.82, 2.24) is 15.1 Å². The Bertz CT molecular complexity index is 1190. The van der Waals surface area contributed by atoms with Gasteiger partial charge >= 0.3 is 0 Å². The molecule has 0 spiro atoms. The number of carbonyl (C=O) groups excluding carboxylic acids is 3. The third-order valence-corrected chi connectivity index (χ3v) is 6.52. The number of anilines is 1. The SMILES string of the molecule is [2H]C1(N2Cc3c(NCc4cccc(CN5CCOCC5)c4F)cccc3C2=O)CCC(=O)NC1=O. The van der Waals surface area contributed by atoms with Crippen LogP contribution in [0.3, 0.4) is 0 Å². The Hall–Kier alpha value is -3.30. The number of nitrogens with one attached hydrogen (secondary N) is 2. The highest BCUT2D eigenvalue weighted by Gasteiger charge is 2.39. The molecule has 8 nitrogen and oxygen atoms in total. The predicted molar refractivity (Wildman–Crippen MR) is 122 cm³/mol. The molecule has 0 saturated carbocycles. The Morgan fingerprint density at radius 2 is 1.88 bits per heavy atom. The van der Waals surface area contributed by atoms with Gasteiger partial charge in [-0.1, -0.05) is 24.3 Å². The Labute approximate surface area is 198 Å². The van der Waals surface area contributed by atoms with Gasteiger partial charge in [0.15, 0.2) is 0 Å². The molecule has 178 valence electrons. The second-order valence-electron chi connectivity index (χ2n) is 8.68. The van der Waals surface area contributed by atoms with E-state index in [9.17, 15) is 14.4 Å². The fraction of sp³-hybridized carbons (Fsp3) is 0.400. The minimum Gasteiger partial charge on any atom is -0.381 e. The number of piperidine rings is 1. The maximum Gasteiger partial charge on any atom is 0.255 e. The summed E-state index contributed by atoms with van der Waals surface area (Å²) in [6.07, 6.45) is -0.0537. The van der Waals surface area contributed by atoms with Gasteiger partial charge in [-0.25, -0.2) is 4.39 Å². The number of fused-ring (bicyclic) bond motifs is 1. The standard InChI is InChI=1S/C25H27FN4O4/c26-23-16(3-1-4-17(23)14-29-9-11-34-12-10-29)13-27-20-6-2-5-18-19(20)15-30(25(18)33)21-7-8-22(31)28-24(21)32/h1-6,21,27H,7-15H2,(H,28,31,32)/i21D. The lowest BCUT2D eigenvalue weighted by Gasteiger charge is -2.29. The highest BCUT2D eigenvalue weighted by atomic mass is 19.1. The van der Waals surface area contributed by atoms with Crippen molar-refractivity contribution < 1.29 is 24.9 Å². The highest BCUT2D eigenvalue weighted by molar-refractivity contribution is 6.06. The van der Waals surface area contributed by atoms with Gasteiger partial charge in [-0.15, -0.1) is 0 Å². The van der Waals surface area contributed by atoms with Crippen molar-refractivity contribution in [3.8, 4) is 0 Å². The zero-order chi connectivity index (χ0) is 24.6. The van der Waals surface area contributed by atoms with Crippen LogP contribution < -0.4 is 10.6 Å². The molecule has 2 aromatic rings. The zero-order valence-corrected chi connectivity index (χ0v) is 18.7. The Kier molecular flexibility index (Phi) is 5.95. The van der Waals surface area contributed by atoms with E-state index in [1.165, 1.54) is 4.90 Å². The number of hydrogen-bond donors (Lipinski definition) is 2. The summed E-state index contributed by atoms with van der Waals surface area (Å²) in [5, 5.41) is 5.41. The molecule has 34 heavy (non-hydrogen) atoms. The van der Waals surface area contributed by atoms with Crippen LogP contribution in [0.25, 0.3) is 0 Å². The van der Waals surface area contributed by atoms with Crippen LogP contribution in [0.4, 0.5) is 10.1 Å². The quantitative estimate of drug-likeness (QED) is 0.632. The predicted octanol–water partition coefficient (Wildman–Crippen LogP) is 2.03. The van der Waals surface area contributed by atoms with Crippen molar-refractivity contribution in [2.75, 3.05) is 31.6 Å². The first-order valence-corrected chi connectivity index (χ1v) is 11.5. The van der Waals surface area contributed by atoms with E-state index in [1.807, 2.05) is 6.07 Å². The minimum absolute atomic E-state index is 0.000538. The number of amides is 3. The molecule has 2 aromatic carbocycles. The van der Waals surface area contributed by atoms with E-state index in [2.05, 4.69) is 15.5 Å². The largest absolute Gasteiger partial charge is 0.381 e. The van der Waals surface area contributed by atoms with Crippen LogP contribution in [0.1, 0.15) is 41.3 Å². The Morgan fingerprint density at radius 1 is 1.12 bits per heavy atom. The summed E-state index contributed by atoms with van der Waals surface area (Å²) < 4.78 is 29.2. The van der Waals surface area contributed by atoms with E-state index in [-0.39, 0.29) is 31.7 Å². The summed E-state index contributed by atoms with van der Waals surface area (Å²) in [4.78, 5) is 40.4. The number of halogens is 1. The van der Waals surface area contributed by atoms with Gasteiger partial charge in [0.1, 0.15) is 11.8 Å². The van der Waals surface area contributed by atoms with Gasteiger partial charge in [-0.05, 0) is 18.6 Å². The van der Waals surface area contributed by atoms with Crippen LogP contribution in [-0.4, -0.2) is 59.8 Å². The second-order valence-corrected chi connectivity index (χ2v) is 8.68. The number of morpholine rings is 1. The molecule has 3 heterocycles. The molecular weight excluding hydrogens is 439 g/mol. The van der Waals surface area contributed by atoms with Crippen LogP contribution in [-0.2, 0) is 34.0 Å². The maximum atomic E-state index is 15.2. The van der Waals surface area contributed by atoms with E-state index in [0.717, 1.165) is 13.1 Å². The summed E-state index contributed by atoms with van der Waals surface area (Å²) >= 11 is 0. The number of benzene rings is 2. The number of carbonyl (C=O) groups is 3. The van der Waals surface area contributed by atoms with Crippen molar-refractivity contribution in [1.29, 1.82) is 0 Å². The fourth-order valence-corrected chi connectivity index (χ4v) is 4.66. The van der Waals surface area contributed by atoms with Crippen LogP contribution in [0.2, 0.25) is 0 Å². The summed E-state index contributed by atoms with van der Waals surface area (Å²) in [6.45, 7) is 3.63.